The Morgan fingerprint density at radius 1 is 1.06 bits per heavy atom. The van der Waals surface area contributed by atoms with Crippen LogP contribution in [-0.4, -0.2) is 0 Å². The van der Waals surface area contributed by atoms with Crippen LogP contribution in [-0.2, 0) is 0 Å². The lowest BCUT2D eigenvalue weighted by Crippen LogP contribution is -1.96. The van der Waals surface area contributed by atoms with Crippen molar-refractivity contribution in [1.82, 2.24) is 0 Å². The van der Waals surface area contributed by atoms with Gasteiger partial charge in [0.2, 0.25) is 0 Å². The first-order valence-electron chi connectivity index (χ1n) is 4.84. The molecule has 0 aromatic heterocycles. The molecule has 0 radical (unpaired) electrons. The number of hydrogen-bond acceptors (Lipinski definition) is 2. The molecule has 2 aromatic rings. The largest absolute Gasteiger partial charge is 0.396 e. The maximum absolute atomic E-state index is 5.94. The van der Waals surface area contributed by atoms with Crippen molar-refractivity contribution < 1.29 is 0 Å². The van der Waals surface area contributed by atoms with Gasteiger partial charge in [-0.2, -0.15) is 0 Å². The van der Waals surface area contributed by atoms with Crippen LogP contribution in [0.3, 0.4) is 0 Å². The van der Waals surface area contributed by atoms with E-state index in [2.05, 4.69) is 21.2 Å². The predicted octanol–water partition coefficient (Wildman–Crippen LogP) is 5.08. The van der Waals surface area contributed by atoms with E-state index in [0.717, 1.165) is 15.8 Å². The molecule has 0 bridgehead atoms. The molecule has 0 atom stereocenters. The quantitative estimate of drug-likeness (QED) is 0.753. The van der Waals surface area contributed by atoms with E-state index >= 15 is 0 Å². The molecule has 0 amide bonds. The number of nitrogens with one attached hydrogen (secondary N) is 1. The molecule has 88 valence electrons. The van der Waals surface area contributed by atoms with Crippen LogP contribution in [0, 0.1) is 0 Å². The SMILES string of the molecule is Nc1c(Cl)cccc1Nc1ccc(Cl)c(Br)c1. The van der Waals surface area contributed by atoms with Gasteiger partial charge >= 0.3 is 0 Å². The van der Waals surface area contributed by atoms with Crippen molar-refractivity contribution >= 4 is 56.2 Å². The predicted molar refractivity (Wildman–Crippen MR) is 78.3 cm³/mol. The van der Waals surface area contributed by atoms with Crippen LogP contribution < -0.4 is 11.1 Å². The molecule has 0 unspecified atom stereocenters. The summed E-state index contributed by atoms with van der Waals surface area (Å²) in [7, 11) is 0. The summed E-state index contributed by atoms with van der Waals surface area (Å²) in [5.74, 6) is 0. The number of halogens is 3. The molecule has 2 nitrogen and oxygen atoms in total. The molecule has 2 aromatic carbocycles. The summed E-state index contributed by atoms with van der Waals surface area (Å²) in [6, 6.07) is 11.0. The monoisotopic (exact) mass is 330 g/mol. The minimum absolute atomic E-state index is 0.528. The number of benzene rings is 2. The summed E-state index contributed by atoms with van der Waals surface area (Å²) in [5, 5.41) is 4.38. The van der Waals surface area contributed by atoms with Gasteiger partial charge < -0.3 is 11.1 Å². The van der Waals surface area contributed by atoms with E-state index < -0.39 is 0 Å². The molecule has 0 spiro atoms. The number of para-hydroxylation sites is 1. The van der Waals surface area contributed by atoms with Crippen LogP contribution in [0.25, 0.3) is 0 Å². The molecule has 0 heterocycles. The average Bonchev–Trinajstić information content (AvgIpc) is 2.30. The highest BCUT2D eigenvalue weighted by molar-refractivity contribution is 9.10. The van der Waals surface area contributed by atoms with Crippen molar-refractivity contribution in [2.45, 2.75) is 0 Å². The summed E-state index contributed by atoms with van der Waals surface area (Å²) in [6.07, 6.45) is 0. The highest BCUT2D eigenvalue weighted by atomic mass is 79.9. The highest BCUT2D eigenvalue weighted by Gasteiger charge is 2.04. The normalized spacial score (nSPS) is 10.3. The minimum atomic E-state index is 0.528. The van der Waals surface area contributed by atoms with Crippen LogP contribution in [0.2, 0.25) is 10.0 Å². The maximum atomic E-state index is 5.94. The second-order valence-corrected chi connectivity index (χ2v) is 5.12. The molecule has 0 aliphatic rings. The van der Waals surface area contributed by atoms with Gasteiger partial charge in [-0.1, -0.05) is 29.3 Å². The Kier molecular flexibility index (Phi) is 3.82. The number of nitrogen functional groups attached to an aromatic ring is 1. The van der Waals surface area contributed by atoms with Crippen LogP contribution in [0.15, 0.2) is 40.9 Å². The minimum Gasteiger partial charge on any atom is -0.396 e. The van der Waals surface area contributed by atoms with E-state index in [1.54, 1.807) is 12.1 Å². The standard InChI is InChI=1S/C12H9BrCl2N2/c13-8-6-7(4-5-9(8)14)17-11-3-1-2-10(15)12(11)16/h1-6,17H,16H2. The van der Waals surface area contributed by atoms with Crippen molar-refractivity contribution in [2.24, 2.45) is 0 Å². The Morgan fingerprint density at radius 2 is 1.82 bits per heavy atom. The molecule has 2 rings (SSSR count). The Balaban J connectivity index is 2.31. The van der Waals surface area contributed by atoms with Gasteiger partial charge in [0.25, 0.3) is 0 Å². The average molecular weight is 332 g/mol. The maximum Gasteiger partial charge on any atom is 0.0742 e. The van der Waals surface area contributed by atoms with Crippen LogP contribution in [0.1, 0.15) is 0 Å². The van der Waals surface area contributed by atoms with E-state index in [9.17, 15) is 0 Å². The molecular weight excluding hydrogens is 323 g/mol. The Hall–Kier alpha value is -0.900. The van der Waals surface area contributed by atoms with Gasteiger partial charge in [0.05, 0.1) is 21.4 Å². The topological polar surface area (TPSA) is 38.0 Å². The first-order chi connectivity index (χ1) is 8.08. The number of nitrogens with two attached hydrogens (primary N) is 1. The lowest BCUT2D eigenvalue weighted by Gasteiger charge is -2.10. The van der Waals surface area contributed by atoms with E-state index in [0.29, 0.717) is 15.7 Å². The molecule has 3 N–H and O–H groups in total. The molecule has 0 saturated heterocycles. The number of rotatable bonds is 2. The Bertz CT molecular complexity index is 558. The molecule has 5 heteroatoms. The third kappa shape index (κ3) is 2.86. The first kappa shape index (κ1) is 12.6. The van der Waals surface area contributed by atoms with Gasteiger partial charge in [-0.15, -0.1) is 0 Å². The summed E-state index contributed by atoms with van der Waals surface area (Å²) < 4.78 is 0.824. The van der Waals surface area contributed by atoms with Gasteiger partial charge in [0.15, 0.2) is 0 Å². The summed E-state index contributed by atoms with van der Waals surface area (Å²) in [4.78, 5) is 0. The molecular formula is C12H9BrCl2N2. The van der Waals surface area contributed by atoms with Gasteiger partial charge in [0, 0.05) is 10.2 Å². The number of hydrogen-bond donors (Lipinski definition) is 2. The van der Waals surface area contributed by atoms with Gasteiger partial charge in [0.1, 0.15) is 0 Å². The highest BCUT2D eigenvalue weighted by Crippen LogP contribution is 2.31. The Labute approximate surface area is 118 Å². The smallest absolute Gasteiger partial charge is 0.0742 e. The van der Waals surface area contributed by atoms with Gasteiger partial charge in [-0.3, -0.25) is 0 Å². The van der Waals surface area contributed by atoms with Gasteiger partial charge in [-0.25, -0.2) is 0 Å². The van der Waals surface area contributed by atoms with E-state index in [-0.39, 0.29) is 0 Å². The summed E-state index contributed by atoms with van der Waals surface area (Å²) in [6.45, 7) is 0. The fourth-order valence-electron chi connectivity index (χ4n) is 1.38. The second-order valence-electron chi connectivity index (χ2n) is 3.45. The van der Waals surface area contributed by atoms with Gasteiger partial charge in [-0.05, 0) is 46.3 Å². The van der Waals surface area contributed by atoms with Crippen molar-refractivity contribution in [3.05, 3.63) is 50.9 Å². The number of anilines is 3. The lowest BCUT2D eigenvalue weighted by molar-refractivity contribution is 1.53. The van der Waals surface area contributed by atoms with Crippen molar-refractivity contribution in [3.63, 3.8) is 0 Å². The summed E-state index contributed by atoms with van der Waals surface area (Å²) in [5.41, 5.74) is 8.05. The van der Waals surface area contributed by atoms with E-state index in [1.165, 1.54) is 0 Å². The molecule has 0 saturated carbocycles. The Morgan fingerprint density at radius 3 is 2.53 bits per heavy atom. The van der Waals surface area contributed by atoms with Crippen LogP contribution >= 0.6 is 39.1 Å². The third-order valence-electron chi connectivity index (χ3n) is 2.25. The fraction of sp³-hybridized carbons (Fsp3) is 0. The van der Waals surface area contributed by atoms with Crippen LogP contribution in [0.4, 0.5) is 17.1 Å². The lowest BCUT2D eigenvalue weighted by atomic mass is 10.2. The fourth-order valence-corrected chi connectivity index (χ4v) is 2.05. The summed E-state index contributed by atoms with van der Waals surface area (Å²) >= 11 is 15.2. The first-order valence-corrected chi connectivity index (χ1v) is 6.39. The van der Waals surface area contributed by atoms with Crippen molar-refractivity contribution in [3.8, 4) is 0 Å². The molecule has 0 aliphatic heterocycles. The van der Waals surface area contributed by atoms with E-state index in [4.69, 9.17) is 28.9 Å². The zero-order valence-electron chi connectivity index (χ0n) is 8.68. The van der Waals surface area contributed by atoms with Crippen molar-refractivity contribution in [2.75, 3.05) is 11.1 Å². The second kappa shape index (κ2) is 5.17. The zero-order valence-corrected chi connectivity index (χ0v) is 11.8. The van der Waals surface area contributed by atoms with Crippen LogP contribution in [0.5, 0.6) is 0 Å². The molecule has 0 aliphatic carbocycles. The zero-order chi connectivity index (χ0) is 12.4. The third-order valence-corrected chi connectivity index (χ3v) is 3.80. The molecule has 0 fully saturated rings. The van der Waals surface area contributed by atoms with Crippen molar-refractivity contribution in [1.29, 1.82) is 0 Å². The van der Waals surface area contributed by atoms with E-state index in [1.807, 2.05) is 24.3 Å². The molecule has 17 heavy (non-hydrogen) atoms.